The molecule has 0 aliphatic carbocycles. The Morgan fingerprint density at radius 2 is 2.00 bits per heavy atom. The lowest BCUT2D eigenvalue weighted by molar-refractivity contribution is 0.475. The molecule has 116 valence electrons. The van der Waals surface area contributed by atoms with Crippen LogP contribution in [0.3, 0.4) is 0 Å². The first-order valence-corrected chi connectivity index (χ1v) is 6.99. The Morgan fingerprint density at radius 1 is 1.22 bits per heavy atom. The molecule has 0 radical (unpaired) electrons. The fourth-order valence-electron chi connectivity index (χ4n) is 2.12. The van der Waals surface area contributed by atoms with Crippen LogP contribution in [-0.4, -0.2) is 23.4 Å². The van der Waals surface area contributed by atoms with E-state index < -0.39 is 0 Å². The molecule has 23 heavy (non-hydrogen) atoms. The van der Waals surface area contributed by atoms with Crippen molar-refractivity contribution in [2.24, 2.45) is 4.99 Å². The SMILES string of the molecule is C/N=C\c1cc(Nc2ncc(-c3ccc(O)cc3)o2)ccc1N. The van der Waals surface area contributed by atoms with Gasteiger partial charge in [0.1, 0.15) is 5.75 Å². The first kappa shape index (κ1) is 14.6. The molecular formula is C17H16N4O2. The largest absolute Gasteiger partial charge is 0.508 e. The zero-order valence-corrected chi connectivity index (χ0v) is 12.5. The highest BCUT2D eigenvalue weighted by Crippen LogP contribution is 2.26. The Kier molecular flexibility index (Phi) is 3.97. The molecule has 2 aromatic carbocycles. The summed E-state index contributed by atoms with van der Waals surface area (Å²) < 4.78 is 5.67. The fourth-order valence-corrected chi connectivity index (χ4v) is 2.12. The number of phenolic OH excluding ortho intramolecular Hbond substituents is 1. The van der Waals surface area contributed by atoms with Crippen LogP contribution in [0.25, 0.3) is 11.3 Å². The number of rotatable bonds is 4. The number of aromatic nitrogens is 1. The number of nitrogens with two attached hydrogens (primary N) is 1. The third-order valence-electron chi connectivity index (χ3n) is 3.26. The third kappa shape index (κ3) is 3.32. The second kappa shape index (κ2) is 6.23. The highest BCUT2D eigenvalue weighted by Gasteiger charge is 2.07. The third-order valence-corrected chi connectivity index (χ3v) is 3.26. The minimum absolute atomic E-state index is 0.207. The molecule has 0 atom stereocenters. The molecule has 3 rings (SSSR count). The number of phenols is 1. The Morgan fingerprint density at radius 3 is 2.74 bits per heavy atom. The van der Waals surface area contributed by atoms with Crippen LogP contribution >= 0.6 is 0 Å². The molecule has 6 heteroatoms. The lowest BCUT2D eigenvalue weighted by atomic mass is 10.2. The highest BCUT2D eigenvalue weighted by atomic mass is 16.4. The van der Waals surface area contributed by atoms with Gasteiger partial charge in [-0.2, -0.15) is 0 Å². The summed E-state index contributed by atoms with van der Waals surface area (Å²) >= 11 is 0. The van der Waals surface area contributed by atoms with Crippen molar-refractivity contribution in [3.05, 3.63) is 54.2 Å². The van der Waals surface area contributed by atoms with Crippen molar-refractivity contribution in [2.45, 2.75) is 0 Å². The van der Waals surface area contributed by atoms with E-state index in [4.69, 9.17) is 10.2 Å². The molecule has 0 amide bonds. The monoisotopic (exact) mass is 308 g/mol. The fraction of sp³-hybridized carbons (Fsp3) is 0.0588. The van der Waals surface area contributed by atoms with E-state index in [2.05, 4.69) is 15.3 Å². The average Bonchev–Trinajstić information content (AvgIpc) is 3.00. The van der Waals surface area contributed by atoms with E-state index in [-0.39, 0.29) is 5.75 Å². The first-order chi connectivity index (χ1) is 11.2. The van der Waals surface area contributed by atoms with Crippen LogP contribution in [0.2, 0.25) is 0 Å². The van der Waals surface area contributed by atoms with E-state index in [1.54, 1.807) is 49.8 Å². The van der Waals surface area contributed by atoms with Crippen LogP contribution in [0, 0.1) is 0 Å². The molecule has 0 unspecified atom stereocenters. The van der Waals surface area contributed by atoms with Crippen molar-refractivity contribution in [1.29, 1.82) is 0 Å². The molecule has 1 heterocycles. The second-order valence-corrected chi connectivity index (χ2v) is 4.93. The number of hydrogen-bond acceptors (Lipinski definition) is 6. The summed E-state index contributed by atoms with van der Waals surface area (Å²) in [4.78, 5) is 8.18. The smallest absolute Gasteiger partial charge is 0.299 e. The number of nitrogens with zero attached hydrogens (tertiary/aromatic N) is 2. The lowest BCUT2D eigenvalue weighted by Crippen LogP contribution is -1.96. The molecule has 3 aromatic rings. The van der Waals surface area contributed by atoms with Gasteiger partial charge in [-0.3, -0.25) is 4.99 Å². The van der Waals surface area contributed by atoms with E-state index >= 15 is 0 Å². The molecule has 0 saturated heterocycles. The number of hydrogen-bond donors (Lipinski definition) is 3. The summed E-state index contributed by atoms with van der Waals surface area (Å²) in [6.45, 7) is 0. The van der Waals surface area contributed by atoms with Crippen LogP contribution in [-0.2, 0) is 0 Å². The maximum absolute atomic E-state index is 9.32. The minimum Gasteiger partial charge on any atom is -0.508 e. The van der Waals surface area contributed by atoms with Crippen molar-refractivity contribution in [3.8, 4) is 17.1 Å². The van der Waals surface area contributed by atoms with Gasteiger partial charge in [0.2, 0.25) is 0 Å². The molecule has 0 bridgehead atoms. The van der Waals surface area contributed by atoms with E-state index in [0.29, 0.717) is 17.5 Å². The van der Waals surface area contributed by atoms with Crippen LogP contribution in [0.4, 0.5) is 17.4 Å². The van der Waals surface area contributed by atoms with Gasteiger partial charge in [-0.15, -0.1) is 0 Å². The number of oxazole rings is 1. The van der Waals surface area contributed by atoms with Gasteiger partial charge in [-0.25, -0.2) is 4.98 Å². The van der Waals surface area contributed by atoms with Gasteiger partial charge in [0.05, 0.1) is 6.20 Å². The molecule has 0 fully saturated rings. The number of benzene rings is 2. The zero-order chi connectivity index (χ0) is 16.2. The van der Waals surface area contributed by atoms with Gasteiger partial charge in [-0.1, -0.05) is 0 Å². The average molecular weight is 308 g/mol. The summed E-state index contributed by atoms with van der Waals surface area (Å²) in [6, 6.07) is 12.6. The van der Waals surface area contributed by atoms with E-state index in [1.165, 1.54) is 0 Å². The van der Waals surface area contributed by atoms with Gasteiger partial charge in [-0.05, 0) is 42.5 Å². The lowest BCUT2D eigenvalue weighted by Gasteiger charge is -2.05. The van der Waals surface area contributed by atoms with Gasteiger partial charge < -0.3 is 20.6 Å². The molecule has 0 aliphatic rings. The maximum Gasteiger partial charge on any atom is 0.299 e. The maximum atomic E-state index is 9.32. The van der Waals surface area contributed by atoms with Crippen molar-refractivity contribution in [3.63, 3.8) is 0 Å². The number of aromatic hydroxyl groups is 1. The van der Waals surface area contributed by atoms with Crippen molar-refractivity contribution in [2.75, 3.05) is 18.1 Å². The van der Waals surface area contributed by atoms with Gasteiger partial charge in [0, 0.05) is 35.8 Å². The van der Waals surface area contributed by atoms with E-state index in [0.717, 1.165) is 16.8 Å². The Hall–Kier alpha value is -3.28. The van der Waals surface area contributed by atoms with Crippen LogP contribution in [0.5, 0.6) is 5.75 Å². The highest BCUT2D eigenvalue weighted by molar-refractivity contribution is 5.88. The quantitative estimate of drug-likeness (QED) is 0.507. The number of anilines is 3. The van der Waals surface area contributed by atoms with Gasteiger partial charge >= 0.3 is 0 Å². The molecule has 0 saturated carbocycles. The predicted octanol–water partition coefficient (Wildman–Crippen LogP) is 3.42. The predicted molar refractivity (Wildman–Crippen MR) is 91.3 cm³/mol. The molecule has 6 nitrogen and oxygen atoms in total. The molecule has 4 N–H and O–H groups in total. The molecule has 1 aromatic heterocycles. The van der Waals surface area contributed by atoms with Crippen LogP contribution in [0.1, 0.15) is 5.56 Å². The summed E-state index contributed by atoms with van der Waals surface area (Å²) in [6.07, 6.45) is 3.32. The van der Waals surface area contributed by atoms with Crippen LogP contribution in [0.15, 0.2) is 58.1 Å². The van der Waals surface area contributed by atoms with Crippen molar-refractivity contribution in [1.82, 2.24) is 4.98 Å². The molecule has 0 spiro atoms. The summed E-state index contributed by atoms with van der Waals surface area (Å²) in [5, 5.41) is 12.4. The number of nitrogen functional groups attached to an aromatic ring is 1. The van der Waals surface area contributed by atoms with E-state index in [1.807, 2.05) is 12.1 Å². The Bertz CT molecular complexity index is 838. The Labute approximate surface area is 133 Å². The topological polar surface area (TPSA) is 96.7 Å². The summed E-state index contributed by atoms with van der Waals surface area (Å²) in [5.41, 5.74) is 8.99. The van der Waals surface area contributed by atoms with Gasteiger partial charge in [0.25, 0.3) is 6.01 Å². The second-order valence-electron chi connectivity index (χ2n) is 4.93. The molecule has 0 aliphatic heterocycles. The summed E-state index contributed by atoms with van der Waals surface area (Å²) in [5.74, 6) is 0.817. The van der Waals surface area contributed by atoms with Crippen molar-refractivity contribution >= 4 is 23.6 Å². The first-order valence-electron chi connectivity index (χ1n) is 6.99. The van der Waals surface area contributed by atoms with Crippen LogP contribution < -0.4 is 11.1 Å². The van der Waals surface area contributed by atoms with Crippen molar-refractivity contribution < 1.29 is 9.52 Å². The molecular weight excluding hydrogens is 292 g/mol. The number of aliphatic imine (C=N–C) groups is 1. The normalized spacial score (nSPS) is 11.0. The Balaban J connectivity index is 1.81. The summed E-state index contributed by atoms with van der Waals surface area (Å²) in [7, 11) is 1.69. The zero-order valence-electron chi connectivity index (χ0n) is 12.5. The number of nitrogens with one attached hydrogen (secondary N) is 1. The van der Waals surface area contributed by atoms with E-state index in [9.17, 15) is 5.11 Å². The standard InChI is InChI=1S/C17H16N4O2/c1-19-9-12-8-13(4-7-15(12)18)21-17-20-10-16(23-17)11-2-5-14(22)6-3-11/h2-10,22H,18H2,1H3,(H,20,21)/b19-9-. The minimum atomic E-state index is 0.207. The van der Waals surface area contributed by atoms with Gasteiger partial charge in [0.15, 0.2) is 5.76 Å².